The molecule has 0 saturated heterocycles. The normalized spacial score (nSPS) is 11.2. The van der Waals surface area contributed by atoms with E-state index in [1.54, 1.807) is 0 Å². The molecule has 21 nitrogen and oxygen atoms in total. The molecule has 0 aromatic rings. The average molecular weight is 917 g/mol. The van der Waals surface area contributed by atoms with Crippen LogP contribution in [0.2, 0.25) is 0 Å². The van der Waals surface area contributed by atoms with Gasteiger partial charge in [-0.1, -0.05) is 0 Å². The monoisotopic (exact) mass is 915 g/mol. The van der Waals surface area contributed by atoms with Crippen LogP contribution in [0.3, 0.4) is 0 Å². The summed E-state index contributed by atoms with van der Waals surface area (Å²) in [5, 5.41) is 5.69. The minimum atomic E-state index is -0.332. The van der Waals surface area contributed by atoms with E-state index in [-0.39, 0.29) is 74.2 Å². The van der Waals surface area contributed by atoms with Crippen LogP contribution in [-0.2, 0) is 76.1 Å². The molecule has 0 aliphatic carbocycles. The molecule has 0 aliphatic rings. The predicted octanol–water partition coefficient (Wildman–Crippen LogP) is -0.504. The summed E-state index contributed by atoms with van der Waals surface area (Å²) < 4.78 is 52.2. The van der Waals surface area contributed by atoms with Gasteiger partial charge in [0.1, 0.15) is 0 Å². The molecule has 0 spiro atoms. The van der Waals surface area contributed by atoms with Gasteiger partial charge in [-0.25, -0.2) is 0 Å². The van der Waals surface area contributed by atoms with Crippen LogP contribution in [-0.4, -0.2) is 236 Å². The van der Waals surface area contributed by atoms with Crippen molar-refractivity contribution in [2.75, 3.05) is 186 Å². The highest BCUT2D eigenvalue weighted by Crippen LogP contribution is 2.01. The number of alkyl halides is 1. The van der Waals surface area contributed by atoms with Gasteiger partial charge >= 0.3 is 23.9 Å². The number of hydrogen-bond donors (Lipinski definition) is 2. The van der Waals surface area contributed by atoms with Crippen molar-refractivity contribution in [2.45, 2.75) is 38.5 Å². The first-order chi connectivity index (χ1) is 30.1. The average Bonchev–Trinajstić information content (AvgIpc) is 3.28. The molecule has 362 valence electrons. The number of nitrogens with one attached hydrogen (secondary N) is 2. The Labute approximate surface area is 372 Å². The van der Waals surface area contributed by atoms with Crippen molar-refractivity contribution in [2.24, 2.45) is 0 Å². The summed E-state index contributed by atoms with van der Waals surface area (Å²) in [5.41, 5.74) is 0. The molecule has 62 heavy (non-hydrogen) atoms. The lowest BCUT2D eigenvalue weighted by Crippen LogP contribution is -2.37. The van der Waals surface area contributed by atoms with Crippen molar-refractivity contribution < 1.29 is 76.1 Å². The van der Waals surface area contributed by atoms with Crippen LogP contribution in [0.25, 0.3) is 0 Å². The third-order valence-corrected chi connectivity index (χ3v) is 9.03. The predicted molar refractivity (Wildman–Crippen MR) is 227 cm³/mol. The largest absolute Gasteiger partial charge is 0.469 e. The fraction of sp³-hybridized carbons (Fsp3) is 0.850. The van der Waals surface area contributed by atoms with Gasteiger partial charge in [-0.15, -0.1) is 11.6 Å². The SMILES string of the molecule is COC(=O)CCN(CCOCCOCCNC(=O)CCN(CCOCCOCCCl)CCC(=O)NCCOCCOCCN(CCC(=O)OC)CCC(=O)OC)CCC(=O)OC. The Morgan fingerprint density at radius 3 is 0.887 bits per heavy atom. The summed E-state index contributed by atoms with van der Waals surface area (Å²) in [6.07, 6.45) is 1.25. The van der Waals surface area contributed by atoms with E-state index in [1.165, 1.54) is 28.4 Å². The number of hydrogen-bond acceptors (Lipinski definition) is 19. The van der Waals surface area contributed by atoms with Crippen molar-refractivity contribution in [1.29, 1.82) is 0 Å². The first kappa shape index (κ1) is 58.8. The molecule has 22 heteroatoms. The molecule has 0 heterocycles. The lowest BCUT2D eigenvalue weighted by atomic mass is 10.3. The molecule has 0 unspecified atom stereocenters. The zero-order valence-electron chi connectivity index (χ0n) is 37.5. The fourth-order valence-electron chi connectivity index (χ4n) is 5.23. The van der Waals surface area contributed by atoms with Gasteiger partial charge in [-0.3, -0.25) is 38.6 Å². The second-order valence-corrected chi connectivity index (χ2v) is 13.8. The smallest absolute Gasteiger partial charge is 0.306 e. The van der Waals surface area contributed by atoms with Gasteiger partial charge in [-0.2, -0.15) is 0 Å². The molecule has 0 atom stereocenters. The van der Waals surface area contributed by atoms with Crippen LogP contribution in [0, 0.1) is 0 Å². The minimum absolute atomic E-state index is 0.149. The third-order valence-electron chi connectivity index (χ3n) is 8.88. The highest BCUT2D eigenvalue weighted by molar-refractivity contribution is 6.17. The van der Waals surface area contributed by atoms with E-state index in [2.05, 4.69) is 10.6 Å². The van der Waals surface area contributed by atoms with Crippen LogP contribution in [0.1, 0.15) is 38.5 Å². The number of esters is 4. The number of methoxy groups -OCH3 is 4. The number of ether oxygens (including phenoxy) is 10. The first-order valence-corrected chi connectivity index (χ1v) is 21.6. The molecule has 2 amide bonds. The highest BCUT2D eigenvalue weighted by atomic mass is 35.5. The molecule has 2 N–H and O–H groups in total. The van der Waals surface area contributed by atoms with Gasteiger partial charge in [0.2, 0.25) is 11.8 Å². The van der Waals surface area contributed by atoms with Gasteiger partial charge < -0.3 is 62.9 Å². The fourth-order valence-corrected chi connectivity index (χ4v) is 5.34. The summed E-state index contributed by atoms with van der Waals surface area (Å²) in [4.78, 5) is 77.1. The van der Waals surface area contributed by atoms with Crippen molar-refractivity contribution in [3.05, 3.63) is 0 Å². The quantitative estimate of drug-likeness (QED) is 0.0340. The molecule has 0 aromatic carbocycles. The van der Waals surface area contributed by atoms with Crippen molar-refractivity contribution in [3.63, 3.8) is 0 Å². The Balaban J connectivity index is 4.40. The van der Waals surface area contributed by atoms with E-state index in [1.807, 2.05) is 14.7 Å². The van der Waals surface area contributed by atoms with Gasteiger partial charge in [0, 0.05) is 90.7 Å². The van der Waals surface area contributed by atoms with Crippen LogP contribution in [0.5, 0.6) is 0 Å². The zero-order valence-corrected chi connectivity index (χ0v) is 38.2. The topological polar surface area (TPSA) is 228 Å². The number of carbonyl (C=O) groups excluding carboxylic acids is 6. The number of nitrogens with zero attached hydrogens (tertiary/aromatic N) is 3. The number of rotatable bonds is 44. The molecule has 0 aromatic heterocycles. The molecule has 0 radical (unpaired) electrons. The van der Waals surface area contributed by atoms with Gasteiger partial charge in [0.05, 0.1) is 133 Å². The van der Waals surface area contributed by atoms with Gasteiger partial charge in [-0.05, 0) is 0 Å². The summed E-state index contributed by atoms with van der Waals surface area (Å²) in [7, 11) is 5.32. The summed E-state index contributed by atoms with van der Waals surface area (Å²) in [6, 6.07) is 0. The maximum Gasteiger partial charge on any atom is 0.306 e. The Bertz CT molecular complexity index is 1060. The third kappa shape index (κ3) is 38.4. The first-order valence-electron chi connectivity index (χ1n) is 21.1. The van der Waals surface area contributed by atoms with Crippen molar-refractivity contribution >= 4 is 47.3 Å². The van der Waals surface area contributed by atoms with Crippen LogP contribution in [0.4, 0.5) is 0 Å². The summed E-state index contributed by atoms with van der Waals surface area (Å²) >= 11 is 5.63. The Kier molecular flexibility index (Phi) is 40.8. The lowest BCUT2D eigenvalue weighted by molar-refractivity contribution is -0.143. The Morgan fingerprint density at radius 2 is 0.613 bits per heavy atom. The lowest BCUT2D eigenvalue weighted by Gasteiger charge is -2.22. The Morgan fingerprint density at radius 1 is 0.355 bits per heavy atom. The number of halogens is 1. The van der Waals surface area contributed by atoms with Crippen LogP contribution < -0.4 is 10.6 Å². The van der Waals surface area contributed by atoms with Gasteiger partial charge in [0.25, 0.3) is 0 Å². The molecule has 0 saturated carbocycles. The number of amides is 2. The molecule has 0 aliphatic heterocycles. The molecular weight excluding hydrogens is 842 g/mol. The maximum atomic E-state index is 12.6. The summed E-state index contributed by atoms with van der Waals surface area (Å²) in [5.74, 6) is -1.22. The Hall–Kier alpha value is -3.25. The maximum absolute atomic E-state index is 12.6. The minimum Gasteiger partial charge on any atom is -0.469 e. The van der Waals surface area contributed by atoms with E-state index < -0.39 is 0 Å². The van der Waals surface area contributed by atoms with E-state index in [9.17, 15) is 28.8 Å². The molecule has 0 bridgehead atoms. The van der Waals surface area contributed by atoms with E-state index in [0.29, 0.717) is 157 Å². The van der Waals surface area contributed by atoms with Crippen molar-refractivity contribution in [3.8, 4) is 0 Å². The highest BCUT2D eigenvalue weighted by Gasteiger charge is 2.14. The summed E-state index contributed by atoms with van der Waals surface area (Å²) in [6.45, 7) is 9.14. The molecule has 0 fully saturated rings. The second kappa shape index (κ2) is 43.0. The van der Waals surface area contributed by atoms with E-state index >= 15 is 0 Å². The van der Waals surface area contributed by atoms with Crippen molar-refractivity contribution in [1.82, 2.24) is 25.3 Å². The molecular formula is C40H74ClN5O16. The standard InChI is InChI=1S/C40H74ClN5O16/c1-53-37(49)7-16-45(17-8-38(50)54-2)21-27-61-33-30-58-24-12-42-35(47)5-14-44(20-26-60-32-29-57-23-11-41)15-6-36(48)43-13-25-59-31-34-62-28-22-46(18-9-39(51)55-3)19-10-40(52)56-4/h5-34H2,1-4H3,(H,42,47)(H,43,48). The zero-order chi connectivity index (χ0) is 45.9. The van der Waals surface area contributed by atoms with Crippen LogP contribution >= 0.6 is 11.6 Å². The van der Waals surface area contributed by atoms with E-state index in [0.717, 1.165) is 0 Å². The van der Waals surface area contributed by atoms with Gasteiger partial charge in [0.15, 0.2) is 0 Å². The molecule has 0 rings (SSSR count). The number of carbonyl (C=O) groups is 6. The van der Waals surface area contributed by atoms with Crippen LogP contribution in [0.15, 0.2) is 0 Å². The van der Waals surface area contributed by atoms with E-state index in [4.69, 9.17) is 59.0 Å². The second-order valence-electron chi connectivity index (χ2n) is 13.4.